The van der Waals surface area contributed by atoms with E-state index in [2.05, 4.69) is 15.3 Å². The Bertz CT molecular complexity index is 1150. The Kier molecular flexibility index (Phi) is 5.45. The van der Waals surface area contributed by atoms with Crippen LogP contribution in [0.25, 0.3) is 5.65 Å². The van der Waals surface area contributed by atoms with Gasteiger partial charge in [0.25, 0.3) is 5.82 Å². The van der Waals surface area contributed by atoms with Crippen LogP contribution < -0.4 is 15.5 Å². The molecule has 1 aromatic carbocycles. The topological polar surface area (TPSA) is 110 Å². The molecule has 4 rings (SSSR count). The Labute approximate surface area is 180 Å². The summed E-state index contributed by atoms with van der Waals surface area (Å²) < 4.78 is 40.0. The highest BCUT2D eigenvalue weighted by atomic mass is 19.4. The van der Waals surface area contributed by atoms with E-state index in [-0.39, 0.29) is 17.5 Å². The van der Waals surface area contributed by atoms with Crippen LogP contribution in [-0.4, -0.2) is 51.8 Å². The number of amides is 2. The molecule has 12 heteroatoms. The van der Waals surface area contributed by atoms with Gasteiger partial charge in [-0.1, -0.05) is 0 Å². The Morgan fingerprint density at radius 1 is 1.06 bits per heavy atom. The summed E-state index contributed by atoms with van der Waals surface area (Å²) in [6.07, 6.45) is -3.61. The van der Waals surface area contributed by atoms with Gasteiger partial charge in [-0.15, -0.1) is 15.3 Å². The van der Waals surface area contributed by atoms with E-state index < -0.39 is 17.9 Å². The molecule has 0 aliphatic carbocycles. The van der Waals surface area contributed by atoms with Crippen LogP contribution in [0.3, 0.4) is 0 Å². The molecule has 0 saturated carbocycles. The molecule has 9 nitrogen and oxygen atoms in total. The van der Waals surface area contributed by atoms with Gasteiger partial charge in [0.15, 0.2) is 5.65 Å². The van der Waals surface area contributed by atoms with E-state index in [0.717, 1.165) is 0 Å². The van der Waals surface area contributed by atoms with Crippen molar-refractivity contribution in [2.24, 2.45) is 11.7 Å². The molecule has 2 N–H and O–H groups in total. The Hall–Kier alpha value is -3.70. The molecule has 1 aliphatic heterocycles. The number of carbonyl (C=O) groups is 2. The molecule has 0 radical (unpaired) electrons. The van der Waals surface area contributed by atoms with Crippen LogP contribution in [0, 0.1) is 5.92 Å². The highest BCUT2D eigenvalue weighted by Gasteiger charge is 2.38. The first kappa shape index (κ1) is 21.5. The molecule has 3 heterocycles. The van der Waals surface area contributed by atoms with Crippen molar-refractivity contribution in [1.82, 2.24) is 19.8 Å². The van der Waals surface area contributed by atoms with Crippen molar-refractivity contribution in [3.63, 3.8) is 0 Å². The van der Waals surface area contributed by atoms with Gasteiger partial charge in [-0.2, -0.15) is 17.7 Å². The highest BCUT2D eigenvalue weighted by molar-refractivity contribution is 5.96. The van der Waals surface area contributed by atoms with Crippen molar-refractivity contribution >= 4 is 29.0 Å². The molecule has 1 aliphatic rings. The maximum Gasteiger partial charge on any atom is 0.453 e. The monoisotopic (exact) mass is 447 g/mol. The highest BCUT2D eigenvalue weighted by Crippen LogP contribution is 2.29. The standard InChI is InChI=1S/C20H20F3N7O2/c1-28(14-4-2-12(3-5-14)17(24)31)18(32)13-8-10-29(11-9-13)16-7-6-15-25-26-19(20(21,22)23)30(15)27-16/h2-7,13H,8-11H2,1H3,(H2,24,31). The number of halogens is 3. The van der Waals surface area contributed by atoms with Crippen LogP contribution >= 0.6 is 0 Å². The van der Waals surface area contributed by atoms with Crippen LogP contribution in [0.1, 0.15) is 29.0 Å². The van der Waals surface area contributed by atoms with E-state index in [4.69, 9.17) is 5.73 Å². The number of hydrogen-bond acceptors (Lipinski definition) is 6. The molecular formula is C20H20F3N7O2. The molecule has 0 unspecified atom stereocenters. The number of nitrogens with two attached hydrogens (primary N) is 1. The molecule has 0 spiro atoms. The molecule has 32 heavy (non-hydrogen) atoms. The van der Waals surface area contributed by atoms with Crippen molar-refractivity contribution in [2.75, 3.05) is 29.9 Å². The van der Waals surface area contributed by atoms with E-state index in [0.29, 0.717) is 47.5 Å². The number of nitrogens with zero attached hydrogens (tertiary/aromatic N) is 6. The lowest BCUT2D eigenvalue weighted by molar-refractivity contribution is -0.146. The van der Waals surface area contributed by atoms with Gasteiger partial charge in [0.2, 0.25) is 11.8 Å². The number of anilines is 2. The molecule has 168 valence electrons. The summed E-state index contributed by atoms with van der Waals surface area (Å²) in [6.45, 7) is 0.930. The lowest BCUT2D eigenvalue weighted by Gasteiger charge is -2.33. The number of hydrogen-bond donors (Lipinski definition) is 1. The van der Waals surface area contributed by atoms with Crippen LogP contribution in [0.15, 0.2) is 36.4 Å². The molecule has 2 aromatic heterocycles. The fourth-order valence-corrected chi connectivity index (χ4v) is 3.73. The summed E-state index contributed by atoms with van der Waals surface area (Å²) in [4.78, 5) is 27.5. The van der Waals surface area contributed by atoms with Gasteiger partial charge in [0.05, 0.1) is 0 Å². The second kappa shape index (κ2) is 8.09. The number of rotatable bonds is 4. The van der Waals surface area contributed by atoms with E-state index in [1.54, 1.807) is 37.4 Å². The molecule has 0 atom stereocenters. The average Bonchev–Trinajstić information content (AvgIpc) is 3.22. The van der Waals surface area contributed by atoms with E-state index in [9.17, 15) is 22.8 Å². The Balaban J connectivity index is 1.43. The number of benzene rings is 1. The van der Waals surface area contributed by atoms with E-state index in [1.165, 1.54) is 11.0 Å². The number of alkyl halides is 3. The first-order valence-corrected chi connectivity index (χ1v) is 9.87. The fourth-order valence-electron chi connectivity index (χ4n) is 3.73. The maximum atomic E-state index is 13.1. The summed E-state index contributed by atoms with van der Waals surface area (Å²) in [5.74, 6) is -1.67. The molecule has 0 bridgehead atoms. The molecule has 1 saturated heterocycles. The fraction of sp³-hybridized carbons (Fsp3) is 0.350. The van der Waals surface area contributed by atoms with Crippen LogP contribution in [0.4, 0.5) is 24.7 Å². The van der Waals surface area contributed by atoms with E-state index in [1.807, 2.05) is 4.90 Å². The number of primary amides is 1. The lowest BCUT2D eigenvalue weighted by Crippen LogP contribution is -2.41. The summed E-state index contributed by atoms with van der Waals surface area (Å²) in [6, 6.07) is 9.47. The maximum absolute atomic E-state index is 13.1. The summed E-state index contributed by atoms with van der Waals surface area (Å²) >= 11 is 0. The Morgan fingerprint density at radius 3 is 2.31 bits per heavy atom. The second-order valence-corrected chi connectivity index (χ2v) is 7.55. The number of carbonyl (C=O) groups excluding carboxylic acids is 2. The number of fused-ring (bicyclic) bond motifs is 1. The zero-order valence-corrected chi connectivity index (χ0v) is 17.1. The van der Waals surface area contributed by atoms with Crippen LogP contribution in [0.5, 0.6) is 0 Å². The van der Waals surface area contributed by atoms with Gasteiger partial charge in [-0.3, -0.25) is 9.59 Å². The minimum Gasteiger partial charge on any atom is -0.366 e. The summed E-state index contributed by atoms with van der Waals surface area (Å²) in [5.41, 5.74) is 6.24. The second-order valence-electron chi connectivity index (χ2n) is 7.55. The van der Waals surface area contributed by atoms with Crippen molar-refractivity contribution < 1.29 is 22.8 Å². The van der Waals surface area contributed by atoms with Crippen molar-refractivity contribution in [2.45, 2.75) is 19.0 Å². The SMILES string of the molecule is CN(C(=O)C1CCN(c2ccc3nnc(C(F)(F)F)n3n2)CC1)c1ccc(C(N)=O)cc1. The third kappa shape index (κ3) is 4.07. The van der Waals surface area contributed by atoms with Crippen LogP contribution in [-0.2, 0) is 11.0 Å². The number of piperidine rings is 1. The third-order valence-electron chi connectivity index (χ3n) is 5.54. The van der Waals surface area contributed by atoms with E-state index >= 15 is 0 Å². The zero-order valence-electron chi connectivity index (χ0n) is 17.1. The molecule has 2 amide bonds. The lowest BCUT2D eigenvalue weighted by atomic mass is 9.95. The first-order chi connectivity index (χ1) is 15.1. The molecular weight excluding hydrogens is 427 g/mol. The minimum atomic E-state index is -4.66. The smallest absolute Gasteiger partial charge is 0.366 e. The van der Waals surface area contributed by atoms with Crippen molar-refractivity contribution in [3.05, 3.63) is 47.8 Å². The van der Waals surface area contributed by atoms with Crippen molar-refractivity contribution in [3.8, 4) is 0 Å². The van der Waals surface area contributed by atoms with Gasteiger partial charge in [-0.05, 0) is 49.2 Å². The predicted octanol–water partition coefficient (Wildman–Crippen LogP) is 2.12. The largest absolute Gasteiger partial charge is 0.453 e. The normalized spacial score (nSPS) is 15.2. The van der Waals surface area contributed by atoms with Gasteiger partial charge < -0.3 is 15.5 Å². The summed E-state index contributed by atoms with van der Waals surface area (Å²) in [5, 5.41) is 10.8. The third-order valence-corrected chi connectivity index (χ3v) is 5.54. The van der Waals surface area contributed by atoms with Gasteiger partial charge in [0, 0.05) is 37.3 Å². The minimum absolute atomic E-state index is 0.00937. The molecule has 3 aromatic rings. The summed E-state index contributed by atoms with van der Waals surface area (Å²) in [7, 11) is 1.66. The molecule has 1 fully saturated rings. The number of aromatic nitrogens is 4. The zero-order chi connectivity index (χ0) is 23.0. The van der Waals surface area contributed by atoms with Gasteiger partial charge in [0.1, 0.15) is 5.82 Å². The quantitative estimate of drug-likeness (QED) is 0.656. The van der Waals surface area contributed by atoms with Gasteiger partial charge in [-0.25, -0.2) is 0 Å². The van der Waals surface area contributed by atoms with Crippen molar-refractivity contribution in [1.29, 1.82) is 0 Å². The first-order valence-electron chi connectivity index (χ1n) is 9.87. The van der Waals surface area contributed by atoms with Gasteiger partial charge >= 0.3 is 6.18 Å². The average molecular weight is 447 g/mol. The van der Waals surface area contributed by atoms with Crippen LogP contribution in [0.2, 0.25) is 0 Å². The Morgan fingerprint density at radius 2 is 1.72 bits per heavy atom. The predicted molar refractivity (Wildman–Crippen MR) is 109 cm³/mol.